The van der Waals surface area contributed by atoms with Gasteiger partial charge in [-0.25, -0.2) is 9.97 Å². The van der Waals surface area contributed by atoms with Crippen molar-refractivity contribution in [3.05, 3.63) is 94.0 Å². The van der Waals surface area contributed by atoms with Gasteiger partial charge in [0.25, 0.3) is 0 Å². The molecule has 0 saturated heterocycles. The number of nitriles is 2. The predicted molar refractivity (Wildman–Crippen MR) is 244 cm³/mol. The molecule has 0 bridgehead atoms. The number of para-hydroxylation sites is 1. The number of hydrogen-bond acceptors (Lipinski definition) is 12. The summed E-state index contributed by atoms with van der Waals surface area (Å²) in [5.41, 5.74) is 5.93. The second-order valence-electron chi connectivity index (χ2n) is 18.3. The number of rotatable bonds is 14. The largest absolute Gasteiger partial charge is 0.410 e. The first-order valence-corrected chi connectivity index (χ1v) is 21.9. The first kappa shape index (κ1) is 42.6. The maximum absolute atomic E-state index is 10.4. The van der Waals surface area contributed by atoms with E-state index in [9.17, 15) is 15.6 Å². The number of halogens is 1. The molecule has 15 heteroatoms. The molecule has 0 aliphatic heterocycles. The highest BCUT2D eigenvalue weighted by atomic mass is 35.5. The third kappa shape index (κ3) is 9.22. The Morgan fingerprint density at radius 2 is 1.47 bits per heavy atom. The summed E-state index contributed by atoms with van der Waals surface area (Å²) in [6.45, 7) is 11.9. The molecule has 62 heavy (non-hydrogen) atoms. The fraction of sp³-hybridized carbons (Fsp3) is 0.447. The van der Waals surface area contributed by atoms with Crippen LogP contribution in [0.4, 0.5) is 23.5 Å². The van der Waals surface area contributed by atoms with Gasteiger partial charge in [0, 0.05) is 64.3 Å². The molecule has 2 aromatic carbocycles. The molecule has 2 aliphatic carbocycles. The second-order valence-corrected chi connectivity index (χ2v) is 18.7. The molecular weight excluding hydrogens is 800 g/mol. The molecule has 6 aromatic rings. The number of anilines is 4. The molecule has 2 aliphatic rings. The van der Waals surface area contributed by atoms with Crippen LogP contribution in [0, 0.1) is 40.4 Å². The quantitative estimate of drug-likeness (QED) is 0.0612. The van der Waals surface area contributed by atoms with E-state index in [1.54, 1.807) is 12.4 Å². The van der Waals surface area contributed by atoms with Crippen molar-refractivity contribution >= 4 is 56.9 Å². The molecule has 6 N–H and O–H groups in total. The lowest BCUT2D eigenvalue weighted by Gasteiger charge is -2.42. The number of benzene rings is 2. The number of aromatic nitrogens is 6. The van der Waals surface area contributed by atoms with Crippen LogP contribution in [-0.4, -0.2) is 72.1 Å². The molecule has 0 radical (unpaired) electrons. The van der Waals surface area contributed by atoms with Gasteiger partial charge in [0.15, 0.2) is 0 Å². The fourth-order valence-corrected chi connectivity index (χ4v) is 9.40. The van der Waals surface area contributed by atoms with Crippen molar-refractivity contribution in [2.24, 2.45) is 10.8 Å². The van der Waals surface area contributed by atoms with Crippen LogP contribution in [0.2, 0.25) is 5.02 Å². The Kier molecular flexibility index (Phi) is 12.2. The third-order valence-corrected chi connectivity index (χ3v) is 13.0. The van der Waals surface area contributed by atoms with Gasteiger partial charge in [-0.3, -0.25) is 0 Å². The van der Waals surface area contributed by atoms with Crippen molar-refractivity contribution in [1.82, 2.24) is 29.7 Å². The van der Waals surface area contributed by atoms with Crippen molar-refractivity contribution < 1.29 is 9.94 Å². The van der Waals surface area contributed by atoms with Gasteiger partial charge < -0.3 is 36.2 Å². The number of nitrogens with one attached hydrogen (secondary N) is 5. The van der Waals surface area contributed by atoms with Crippen LogP contribution < -0.4 is 26.1 Å². The minimum atomic E-state index is -0.346. The predicted octanol–water partition coefficient (Wildman–Crippen LogP) is 8.56. The topological polar surface area (TPSA) is 197 Å². The number of fused-ring (bicyclic) bond motifs is 2. The molecule has 0 unspecified atom stereocenters. The monoisotopic (exact) mass is 854 g/mol. The van der Waals surface area contributed by atoms with Gasteiger partial charge in [-0.2, -0.15) is 25.2 Å². The van der Waals surface area contributed by atoms with Crippen LogP contribution in [0.5, 0.6) is 0 Å². The van der Waals surface area contributed by atoms with E-state index >= 15 is 0 Å². The van der Waals surface area contributed by atoms with Gasteiger partial charge in [-0.1, -0.05) is 63.6 Å². The van der Waals surface area contributed by atoms with Gasteiger partial charge in [-0.15, -0.1) is 0 Å². The molecule has 0 amide bonds. The maximum Gasteiger partial charge on any atom is 0.224 e. The van der Waals surface area contributed by atoms with Gasteiger partial charge >= 0.3 is 0 Å². The molecule has 4 heterocycles. The highest BCUT2D eigenvalue weighted by Gasteiger charge is 2.40. The summed E-state index contributed by atoms with van der Waals surface area (Å²) < 4.78 is 1.87. The van der Waals surface area contributed by atoms with Gasteiger partial charge in [0.05, 0.1) is 24.0 Å². The lowest BCUT2D eigenvalue weighted by Crippen LogP contribution is -2.46. The molecule has 2 fully saturated rings. The lowest BCUT2D eigenvalue weighted by atomic mass is 9.72. The van der Waals surface area contributed by atoms with Crippen LogP contribution in [-0.2, 0) is 12.8 Å². The molecule has 0 spiro atoms. The van der Waals surface area contributed by atoms with Gasteiger partial charge in [0.2, 0.25) is 11.9 Å². The number of aliphatic hydroxyl groups is 1. The average molecular weight is 855 g/mol. The second kappa shape index (κ2) is 17.7. The highest BCUT2D eigenvalue weighted by molar-refractivity contribution is 6.31. The van der Waals surface area contributed by atoms with E-state index in [2.05, 4.69) is 112 Å². The van der Waals surface area contributed by atoms with Crippen molar-refractivity contribution in [3.8, 4) is 12.1 Å². The maximum atomic E-state index is 10.4. The normalized spacial score (nSPS) is 20.6. The molecule has 4 aromatic heterocycles. The fourth-order valence-electron chi connectivity index (χ4n) is 9.23. The Morgan fingerprint density at radius 1 is 0.839 bits per heavy atom. The number of H-pyrrole nitrogens is 1. The summed E-state index contributed by atoms with van der Waals surface area (Å²) in [7, 11) is 0. The number of aliphatic hydroxyl groups excluding tert-OH is 1. The zero-order chi connectivity index (χ0) is 43.6. The molecule has 322 valence electrons. The summed E-state index contributed by atoms with van der Waals surface area (Å²) in [5.74, 6) is 1.95. The van der Waals surface area contributed by atoms with E-state index in [0.717, 1.165) is 60.5 Å². The zero-order valence-corrected chi connectivity index (χ0v) is 36.8. The van der Waals surface area contributed by atoms with Crippen LogP contribution in [0.1, 0.15) is 94.0 Å². The minimum absolute atomic E-state index is 0.0780. The molecule has 4 atom stereocenters. The Balaban J connectivity index is 0.892. The van der Waals surface area contributed by atoms with Crippen molar-refractivity contribution in [2.75, 3.05) is 34.4 Å². The summed E-state index contributed by atoms with van der Waals surface area (Å²) in [4.78, 5) is 28.5. The summed E-state index contributed by atoms with van der Waals surface area (Å²) in [6.07, 6.45) is 12.9. The number of aromatic amines is 1. The number of aryl methyl sites for hydroxylation is 1. The van der Waals surface area contributed by atoms with E-state index in [1.807, 2.05) is 29.1 Å². The van der Waals surface area contributed by atoms with E-state index < -0.39 is 0 Å². The summed E-state index contributed by atoms with van der Waals surface area (Å²) in [5, 5.41) is 46.8. The Bertz CT molecular complexity index is 2660. The van der Waals surface area contributed by atoms with E-state index in [0.29, 0.717) is 65.6 Å². The van der Waals surface area contributed by atoms with Crippen LogP contribution in [0.25, 0.3) is 21.8 Å². The first-order chi connectivity index (χ1) is 29.8. The van der Waals surface area contributed by atoms with E-state index in [-0.39, 0.29) is 35.1 Å². The van der Waals surface area contributed by atoms with E-state index in [4.69, 9.17) is 21.4 Å². The van der Waals surface area contributed by atoms with Crippen molar-refractivity contribution in [2.45, 2.75) is 110 Å². The third-order valence-electron chi connectivity index (χ3n) is 12.8. The molecule has 2 saturated carbocycles. The first-order valence-electron chi connectivity index (χ1n) is 21.6. The Hall–Kier alpha value is -6.09. The minimum Gasteiger partial charge on any atom is -0.410 e. The summed E-state index contributed by atoms with van der Waals surface area (Å²) >= 11 is 6.54. The molecule has 8 rings (SSSR count). The van der Waals surface area contributed by atoms with E-state index in [1.165, 1.54) is 16.5 Å². The van der Waals surface area contributed by atoms with Crippen molar-refractivity contribution in [3.63, 3.8) is 0 Å². The average Bonchev–Trinajstić information content (AvgIpc) is 3.81. The van der Waals surface area contributed by atoms with Crippen molar-refractivity contribution in [1.29, 1.82) is 10.5 Å². The molecule has 14 nitrogen and oxygen atoms in total. The zero-order valence-electron chi connectivity index (χ0n) is 36.0. The number of hydrogen-bond donors (Lipinski definition) is 6. The summed E-state index contributed by atoms with van der Waals surface area (Å²) in [6, 6.07) is 16.8. The Morgan fingerprint density at radius 3 is 2.10 bits per heavy atom. The van der Waals surface area contributed by atoms with Gasteiger partial charge in [0.1, 0.15) is 41.0 Å². The highest BCUT2D eigenvalue weighted by Crippen LogP contribution is 2.39. The van der Waals surface area contributed by atoms with Crippen LogP contribution in [0.15, 0.2) is 61.2 Å². The van der Waals surface area contributed by atoms with Gasteiger partial charge in [-0.05, 0) is 92.5 Å². The standard InChI is InChI=1S/C47H55ClN12O2/c1-28-7-6-8-37-29(24-53-41(28)37)15-17-51-44-54-26-32(23-50)43(59-44)57-35-11-14-40(47(4,5)21-35)62-60-27-30(36-12-9-33(48)19-38(36)60)16-18-52-45-55-25-31(22-49)42(58-45)56-34-10-13-39(61)46(2,3)20-34/h6-9,12,19,24-27,34-35,39-40,53,61H,10-11,13-18,20-21H2,1-5H3,(H2,51,54,57,59)(H2,52,55,56,58)/t34-,35-,39+,40+/m1/s1. The SMILES string of the molecule is Cc1cccc2c(CCNc3ncc(C#N)c(N[C@@H]4CC[C@H](On5cc(CCNc6ncc(C#N)c(N[C@@H]7CC[C@H](O)C(C)(C)C7)n6)c6ccc(Cl)cc65)C(C)(C)C4)n3)c[nH]c12. The molecular formula is C47H55ClN12O2. The number of nitrogens with zero attached hydrogens (tertiary/aromatic N) is 7. The van der Waals surface area contributed by atoms with Crippen LogP contribution >= 0.6 is 11.6 Å². The van der Waals surface area contributed by atoms with Crippen LogP contribution in [0.3, 0.4) is 0 Å². The smallest absolute Gasteiger partial charge is 0.224 e. The lowest BCUT2D eigenvalue weighted by molar-refractivity contribution is -0.0552. The Labute approximate surface area is 367 Å².